The summed E-state index contributed by atoms with van der Waals surface area (Å²) in [6, 6.07) is 2.89. The second kappa shape index (κ2) is 8.74. The zero-order chi connectivity index (χ0) is 21.2. The quantitative estimate of drug-likeness (QED) is 0.480. The SMILES string of the molecule is O=[N+]([O-])c1cc(C(O)CC[C@H](O)c2cc([N+](=O)[O-])c(Cl)cc2F)c(F)cc1Cl. The molecule has 0 bridgehead atoms. The van der Waals surface area contributed by atoms with Crippen LogP contribution in [0, 0.1) is 31.9 Å². The lowest BCUT2D eigenvalue weighted by atomic mass is 9.98. The van der Waals surface area contributed by atoms with E-state index in [-0.39, 0.29) is 12.8 Å². The minimum Gasteiger partial charge on any atom is -0.388 e. The lowest BCUT2D eigenvalue weighted by molar-refractivity contribution is -0.385. The maximum atomic E-state index is 14.0. The van der Waals surface area contributed by atoms with Crippen molar-refractivity contribution in [2.45, 2.75) is 25.0 Å². The Balaban J connectivity index is 2.20. The van der Waals surface area contributed by atoms with Crippen molar-refractivity contribution in [2.75, 3.05) is 0 Å². The van der Waals surface area contributed by atoms with Crippen LogP contribution in [0.1, 0.15) is 36.2 Å². The highest BCUT2D eigenvalue weighted by Gasteiger charge is 2.25. The van der Waals surface area contributed by atoms with Crippen LogP contribution in [0.25, 0.3) is 0 Å². The monoisotopic (exact) mass is 436 g/mol. The third kappa shape index (κ3) is 4.71. The van der Waals surface area contributed by atoms with Crippen molar-refractivity contribution in [2.24, 2.45) is 0 Å². The van der Waals surface area contributed by atoms with E-state index in [0.29, 0.717) is 12.1 Å². The van der Waals surface area contributed by atoms with Gasteiger partial charge in [0, 0.05) is 23.3 Å². The molecule has 0 aliphatic carbocycles. The van der Waals surface area contributed by atoms with E-state index < -0.39 is 66.2 Å². The van der Waals surface area contributed by atoms with E-state index in [4.69, 9.17) is 23.2 Å². The Hall–Kier alpha value is -2.40. The molecule has 2 rings (SSSR count). The molecular formula is C16H12Cl2F2N2O6. The molecule has 28 heavy (non-hydrogen) atoms. The lowest BCUT2D eigenvalue weighted by Crippen LogP contribution is -2.07. The van der Waals surface area contributed by atoms with Gasteiger partial charge in [0.2, 0.25) is 0 Å². The van der Waals surface area contributed by atoms with Gasteiger partial charge in [-0.15, -0.1) is 0 Å². The first-order valence-corrected chi connectivity index (χ1v) is 8.41. The first-order chi connectivity index (χ1) is 13.0. The number of halogens is 4. The second-order valence-corrected chi connectivity index (χ2v) is 6.59. The van der Waals surface area contributed by atoms with Crippen LogP contribution in [-0.2, 0) is 0 Å². The van der Waals surface area contributed by atoms with Crippen molar-refractivity contribution in [3.8, 4) is 0 Å². The van der Waals surface area contributed by atoms with Gasteiger partial charge in [-0.3, -0.25) is 20.2 Å². The summed E-state index contributed by atoms with van der Waals surface area (Å²) in [6.07, 6.45) is -3.80. The predicted octanol–water partition coefficient (Wildman–Crippen LogP) is 4.64. The number of hydrogen-bond acceptors (Lipinski definition) is 6. The topological polar surface area (TPSA) is 127 Å². The third-order valence-corrected chi connectivity index (χ3v) is 4.56. The molecule has 0 aromatic heterocycles. The van der Waals surface area contributed by atoms with E-state index in [1.807, 2.05) is 0 Å². The number of hydrogen-bond donors (Lipinski definition) is 2. The summed E-state index contributed by atoms with van der Waals surface area (Å²) in [7, 11) is 0. The Labute approximate surface area is 166 Å². The van der Waals surface area contributed by atoms with Crippen molar-refractivity contribution in [1.29, 1.82) is 0 Å². The first kappa shape index (κ1) is 21.9. The molecule has 2 atom stereocenters. The van der Waals surface area contributed by atoms with E-state index in [1.165, 1.54) is 0 Å². The van der Waals surface area contributed by atoms with Gasteiger partial charge in [0.05, 0.1) is 22.1 Å². The molecule has 0 amide bonds. The molecule has 150 valence electrons. The second-order valence-electron chi connectivity index (χ2n) is 5.77. The van der Waals surface area contributed by atoms with E-state index in [0.717, 1.165) is 12.1 Å². The molecule has 0 spiro atoms. The number of nitro benzene ring substituents is 2. The molecule has 8 nitrogen and oxygen atoms in total. The minimum absolute atomic E-state index is 0.327. The fourth-order valence-electron chi connectivity index (χ4n) is 2.52. The van der Waals surface area contributed by atoms with Crippen LogP contribution in [0.2, 0.25) is 10.0 Å². The molecular weight excluding hydrogens is 425 g/mol. The van der Waals surface area contributed by atoms with Gasteiger partial charge in [0.25, 0.3) is 11.4 Å². The summed E-state index contributed by atoms with van der Waals surface area (Å²) < 4.78 is 27.9. The number of aliphatic hydroxyl groups is 2. The summed E-state index contributed by atoms with van der Waals surface area (Å²) in [6.45, 7) is 0. The van der Waals surface area contributed by atoms with E-state index in [2.05, 4.69) is 0 Å². The van der Waals surface area contributed by atoms with Gasteiger partial charge in [-0.25, -0.2) is 8.78 Å². The van der Waals surface area contributed by atoms with Gasteiger partial charge in [-0.05, 0) is 25.0 Å². The van der Waals surface area contributed by atoms with Gasteiger partial charge in [-0.1, -0.05) is 23.2 Å². The molecule has 0 aliphatic heterocycles. The highest BCUT2D eigenvalue weighted by atomic mass is 35.5. The number of nitro groups is 2. The fraction of sp³-hybridized carbons (Fsp3) is 0.250. The maximum Gasteiger partial charge on any atom is 0.288 e. The first-order valence-electron chi connectivity index (χ1n) is 7.65. The van der Waals surface area contributed by atoms with Gasteiger partial charge in [-0.2, -0.15) is 0 Å². The fourth-order valence-corrected chi connectivity index (χ4v) is 2.96. The van der Waals surface area contributed by atoms with Crippen molar-refractivity contribution in [1.82, 2.24) is 0 Å². The smallest absolute Gasteiger partial charge is 0.288 e. The zero-order valence-corrected chi connectivity index (χ0v) is 15.3. The van der Waals surface area contributed by atoms with Crippen LogP contribution in [0.3, 0.4) is 0 Å². The molecule has 12 heteroatoms. The lowest BCUT2D eigenvalue weighted by Gasteiger charge is -2.16. The highest BCUT2D eigenvalue weighted by Crippen LogP contribution is 2.35. The molecule has 2 aromatic carbocycles. The molecule has 0 radical (unpaired) electrons. The molecule has 2 N–H and O–H groups in total. The standard InChI is InChI=1S/C16H12Cl2F2N2O6/c17-9-5-11(19)7(3-13(9)21(25)26)15(23)1-2-16(24)8-4-14(22(27)28)10(18)6-12(8)20/h3-6,15-16,23-24H,1-2H2/t15-,16?/m0/s1. The molecule has 0 aliphatic rings. The zero-order valence-electron chi connectivity index (χ0n) is 13.8. The number of nitrogens with zero attached hydrogens (tertiary/aromatic N) is 2. The summed E-state index contributed by atoms with van der Waals surface area (Å²) in [5.74, 6) is -1.99. The van der Waals surface area contributed by atoms with Gasteiger partial charge in [0.1, 0.15) is 21.7 Å². The van der Waals surface area contributed by atoms with Gasteiger partial charge < -0.3 is 10.2 Å². The molecule has 0 heterocycles. The van der Waals surface area contributed by atoms with Crippen LogP contribution in [0.15, 0.2) is 24.3 Å². The van der Waals surface area contributed by atoms with Gasteiger partial charge in [0.15, 0.2) is 0 Å². The van der Waals surface area contributed by atoms with E-state index >= 15 is 0 Å². The Morgan fingerprint density at radius 2 is 1.14 bits per heavy atom. The summed E-state index contributed by atoms with van der Waals surface area (Å²) in [4.78, 5) is 20.1. The highest BCUT2D eigenvalue weighted by molar-refractivity contribution is 6.33. The van der Waals surface area contributed by atoms with Crippen LogP contribution >= 0.6 is 23.2 Å². The average Bonchev–Trinajstić information content (AvgIpc) is 2.58. The molecule has 0 saturated heterocycles. The molecule has 1 unspecified atom stereocenters. The summed E-state index contributed by atoms with van der Waals surface area (Å²) >= 11 is 11.1. The van der Waals surface area contributed by atoms with Crippen molar-refractivity contribution in [3.63, 3.8) is 0 Å². The Morgan fingerprint density at radius 1 is 0.821 bits per heavy atom. The number of benzene rings is 2. The van der Waals surface area contributed by atoms with Gasteiger partial charge >= 0.3 is 0 Å². The molecule has 2 aromatic rings. The maximum absolute atomic E-state index is 14.0. The number of rotatable bonds is 7. The van der Waals surface area contributed by atoms with E-state index in [9.17, 15) is 39.2 Å². The largest absolute Gasteiger partial charge is 0.388 e. The Kier molecular flexibility index (Phi) is 6.83. The van der Waals surface area contributed by atoms with Crippen LogP contribution in [-0.4, -0.2) is 20.1 Å². The Bertz CT molecular complexity index is 868. The minimum atomic E-state index is -1.57. The molecule has 0 saturated carbocycles. The van der Waals surface area contributed by atoms with Crippen molar-refractivity contribution in [3.05, 3.63) is 77.3 Å². The third-order valence-electron chi connectivity index (χ3n) is 3.96. The summed E-state index contributed by atoms with van der Waals surface area (Å²) in [5.41, 5.74) is -2.08. The number of aliphatic hydroxyl groups excluding tert-OH is 2. The van der Waals surface area contributed by atoms with Crippen molar-refractivity contribution >= 4 is 34.6 Å². The van der Waals surface area contributed by atoms with Crippen LogP contribution < -0.4 is 0 Å². The van der Waals surface area contributed by atoms with E-state index in [1.54, 1.807) is 0 Å². The van der Waals surface area contributed by atoms with Crippen LogP contribution in [0.4, 0.5) is 20.2 Å². The average molecular weight is 437 g/mol. The molecule has 0 fully saturated rings. The van der Waals surface area contributed by atoms with Crippen LogP contribution in [0.5, 0.6) is 0 Å². The Morgan fingerprint density at radius 3 is 1.43 bits per heavy atom. The summed E-state index contributed by atoms with van der Waals surface area (Å²) in [5, 5.41) is 41.1. The predicted molar refractivity (Wildman–Crippen MR) is 95.3 cm³/mol. The normalized spacial score (nSPS) is 13.2. The van der Waals surface area contributed by atoms with Crippen molar-refractivity contribution < 1.29 is 28.8 Å².